The lowest BCUT2D eigenvalue weighted by Crippen LogP contribution is -2.00. The monoisotopic (exact) mass is 1670 g/mol. The number of aromatic nitrogens is 9. The van der Waals surface area contributed by atoms with Crippen molar-refractivity contribution in [3.8, 4) is 119 Å². The fraction of sp³-hybridized carbons (Fsp3) is 0.00870. The molecule has 12 heteroatoms. The molecule has 8 aromatic heterocycles. The summed E-state index contributed by atoms with van der Waals surface area (Å²) in [6.45, 7) is 0. The Morgan fingerprint density at radius 2 is 0.520 bits per heavy atom. The second kappa shape index (κ2) is 29.4. The van der Waals surface area contributed by atoms with Gasteiger partial charge >= 0.3 is 0 Å². The number of benzene rings is 18. The minimum absolute atomic E-state index is 0.643. The van der Waals surface area contributed by atoms with E-state index in [2.05, 4.69) is 323 Å². The maximum absolute atomic E-state index is 5.07. The zero-order valence-corrected chi connectivity index (χ0v) is 70.6. The van der Waals surface area contributed by atoms with Crippen molar-refractivity contribution < 1.29 is 0 Å². The van der Waals surface area contributed by atoms with Crippen molar-refractivity contribution in [3.05, 3.63) is 418 Å². The van der Waals surface area contributed by atoms with Gasteiger partial charge < -0.3 is 13.7 Å². The van der Waals surface area contributed by atoms with Crippen molar-refractivity contribution >= 4 is 160 Å². The number of hydrogen-bond acceptors (Lipinski definition) is 9. The molecule has 0 fully saturated rings. The lowest BCUT2D eigenvalue weighted by Gasteiger charge is -2.12. The van der Waals surface area contributed by atoms with Crippen LogP contribution in [-0.2, 0) is 6.42 Å². The Labute approximate surface area is 740 Å². The van der Waals surface area contributed by atoms with E-state index in [0.29, 0.717) is 34.9 Å². The van der Waals surface area contributed by atoms with Gasteiger partial charge in [0.05, 0.1) is 47.2 Å². The molecule has 0 atom stereocenters. The summed E-state index contributed by atoms with van der Waals surface area (Å²) in [5.74, 6) is 3.93. The molecule has 0 saturated heterocycles. The highest BCUT2D eigenvalue weighted by molar-refractivity contribution is 7.33. The number of hydrogen-bond donors (Lipinski definition) is 0. The third-order valence-electron chi connectivity index (χ3n) is 25.5. The van der Waals surface area contributed by atoms with Crippen LogP contribution in [0.5, 0.6) is 0 Å². The Kier molecular flexibility index (Phi) is 16.8. The summed E-state index contributed by atoms with van der Waals surface area (Å²) in [5.41, 5.74) is 26.4. The van der Waals surface area contributed by atoms with E-state index < -0.39 is 0 Å². The van der Waals surface area contributed by atoms with Crippen LogP contribution in [0.15, 0.2) is 406 Å². The van der Waals surface area contributed by atoms with E-state index >= 15 is 0 Å². The zero-order chi connectivity index (χ0) is 83.3. The number of para-hydroxylation sites is 4. The van der Waals surface area contributed by atoms with Crippen LogP contribution in [0.25, 0.3) is 245 Å². The van der Waals surface area contributed by atoms with E-state index in [0.717, 1.165) is 51.2 Å². The van der Waals surface area contributed by atoms with Crippen LogP contribution in [0.3, 0.4) is 0 Å². The van der Waals surface area contributed by atoms with Gasteiger partial charge in [0, 0.05) is 129 Å². The van der Waals surface area contributed by atoms with Crippen LogP contribution in [-0.4, -0.2) is 43.6 Å². The summed E-state index contributed by atoms with van der Waals surface area (Å²) in [7, 11) is 0. The molecule has 0 amide bonds. The molecule has 0 unspecified atom stereocenters. The molecule has 0 aliphatic heterocycles. The van der Waals surface area contributed by atoms with Gasteiger partial charge in [-0.3, -0.25) is 0 Å². The zero-order valence-electron chi connectivity index (χ0n) is 68.1. The van der Waals surface area contributed by atoms with Crippen LogP contribution < -0.4 is 0 Å². The van der Waals surface area contributed by atoms with E-state index in [9.17, 15) is 0 Å². The fourth-order valence-electron chi connectivity index (χ4n) is 19.5. The van der Waals surface area contributed by atoms with Gasteiger partial charge in [-0.05, 0) is 154 Å². The van der Waals surface area contributed by atoms with E-state index in [1.807, 2.05) is 131 Å². The minimum atomic E-state index is 0.643. The van der Waals surface area contributed by atoms with Crippen LogP contribution in [0.4, 0.5) is 0 Å². The average Bonchev–Trinajstić information content (AvgIpc) is 1.56. The first-order valence-corrected chi connectivity index (χ1v) is 45.3. The predicted molar refractivity (Wildman–Crippen MR) is 533 cm³/mol. The molecule has 0 radical (unpaired) electrons. The smallest absolute Gasteiger partial charge is 0.164 e. The standard InChI is InChI=1S/C64H39N5S.C51H30N4S2/c1-4-15-39(16-5-1)62-65-63(40-17-6-2-7-18-40)67-64(66-62)44-28-27-41-35-42-29-31-46(38-54(42)53(41)37-44)68-56-25-12-11-22-49(56)55-36-43(30-34-58(55)68)47-23-14-24-51-52-33-32-50-48-21-10-13-26-57(48)69(45-19-8-3-9-20-45)59(50)61(52)70-60(47)51;1-3-12-31(13-4-1)49-52-50(32-14-5-2-6-15-32)54-51(53-49)33-22-25-35(26-23-33)55-43-20-9-7-16-37(43)42-30-34(24-29-44(42)55)36-18-11-19-39-41-28-27-40-38-17-8-10-21-45(38)56-47(40)48(41)57-46(36)39/h1-34,36-38H,35H2;1-30H. The van der Waals surface area contributed by atoms with Crippen molar-refractivity contribution in [2.45, 2.75) is 6.42 Å². The topological polar surface area (TPSA) is 92.1 Å². The first-order valence-electron chi connectivity index (χ1n) is 42.8. The lowest BCUT2D eigenvalue weighted by molar-refractivity contribution is 1.07. The Morgan fingerprint density at radius 3 is 1.05 bits per heavy atom. The second-order valence-electron chi connectivity index (χ2n) is 32.7. The Balaban J connectivity index is 0.000000138. The molecular formula is C115H69N9S3. The molecule has 8 heterocycles. The van der Waals surface area contributed by atoms with Crippen LogP contribution in [0, 0.1) is 0 Å². The van der Waals surface area contributed by atoms with Gasteiger partial charge in [-0.15, -0.1) is 34.0 Å². The van der Waals surface area contributed by atoms with E-state index in [4.69, 9.17) is 29.9 Å². The van der Waals surface area contributed by atoms with Crippen molar-refractivity contribution in [1.82, 2.24) is 43.6 Å². The molecule has 27 rings (SSSR count). The molecule has 0 spiro atoms. The van der Waals surface area contributed by atoms with E-state index in [1.54, 1.807) is 0 Å². The molecule has 0 saturated carbocycles. The predicted octanol–water partition coefficient (Wildman–Crippen LogP) is 31.0. The third-order valence-corrected chi connectivity index (χ3v) is 29.3. The highest BCUT2D eigenvalue weighted by Gasteiger charge is 2.27. The molecule has 26 aromatic rings. The fourth-order valence-corrected chi connectivity index (χ4v) is 23.6. The molecule has 0 N–H and O–H groups in total. The molecule has 9 nitrogen and oxygen atoms in total. The molecule has 592 valence electrons. The minimum Gasteiger partial charge on any atom is -0.309 e. The Morgan fingerprint density at radius 1 is 0.181 bits per heavy atom. The molecule has 0 bridgehead atoms. The van der Waals surface area contributed by atoms with Gasteiger partial charge in [0.2, 0.25) is 0 Å². The molecule has 127 heavy (non-hydrogen) atoms. The Bertz CT molecular complexity index is 8860. The summed E-state index contributed by atoms with van der Waals surface area (Å²) >= 11 is 5.75. The maximum atomic E-state index is 5.07. The maximum Gasteiger partial charge on any atom is 0.164 e. The number of thiophene rings is 3. The van der Waals surface area contributed by atoms with Gasteiger partial charge in [0.25, 0.3) is 0 Å². The number of rotatable bonds is 11. The normalized spacial score (nSPS) is 12.1. The Hall–Kier alpha value is -16.0. The van der Waals surface area contributed by atoms with Crippen LogP contribution in [0.1, 0.15) is 11.1 Å². The number of nitrogens with zero attached hydrogens (tertiary/aromatic N) is 9. The van der Waals surface area contributed by atoms with E-state index in [1.165, 1.54) is 176 Å². The molecular weight excluding hydrogens is 1600 g/mol. The first-order chi connectivity index (χ1) is 62.9. The summed E-state index contributed by atoms with van der Waals surface area (Å²) in [6, 6.07) is 146. The largest absolute Gasteiger partial charge is 0.309 e. The van der Waals surface area contributed by atoms with Gasteiger partial charge in [0.1, 0.15) is 0 Å². The highest BCUT2D eigenvalue weighted by Crippen LogP contribution is 2.51. The van der Waals surface area contributed by atoms with Gasteiger partial charge in [-0.1, -0.05) is 303 Å². The summed E-state index contributed by atoms with van der Waals surface area (Å²) < 4.78 is 15.3. The van der Waals surface area contributed by atoms with Crippen molar-refractivity contribution in [2.24, 2.45) is 0 Å². The SMILES string of the molecule is c1ccc(-c2nc(-c3ccccc3)nc(-c3ccc(-n4c5ccccc5c5cc(-c6cccc7c6sc6c7ccc7c8ccccc8sc76)ccc54)cc3)n2)cc1.c1ccc(-c2nc(-c3ccccc3)nc(-c3ccc4c(c3)-c3cc(-n5c6ccccc6c6cc(-c7cccc8c7sc7c8ccc8c9ccccc9n(-c9ccccc9)c87)ccc65)ccc3C4)n2)cc1. The average molecular weight is 1670 g/mol. The summed E-state index contributed by atoms with van der Waals surface area (Å²) in [4.78, 5) is 29.9. The summed E-state index contributed by atoms with van der Waals surface area (Å²) in [6.07, 6.45) is 0.882. The van der Waals surface area contributed by atoms with Crippen LogP contribution in [0.2, 0.25) is 0 Å². The second-order valence-corrected chi connectivity index (χ2v) is 35.8. The van der Waals surface area contributed by atoms with Gasteiger partial charge in [0.15, 0.2) is 34.9 Å². The first kappa shape index (κ1) is 72.7. The number of fused-ring (bicyclic) bond motifs is 23. The molecule has 1 aliphatic carbocycles. The van der Waals surface area contributed by atoms with E-state index in [-0.39, 0.29) is 0 Å². The van der Waals surface area contributed by atoms with Crippen molar-refractivity contribution in [1.29, 1.82) is 0 Å². The molecule has 1 aliphatic rings. The van der Waals surface area contributed by atoms with Gasteiger partial charge in [-0.2, -0.15) is 0 Å². The molecule has 18 aromatic carbocycles. The highest BCUT2D eigenvalue weighted by atomic mass is 32.1. The van der Waals surface area contributed by atoms with Crippen molar-refractivity contribution in [3.63, 3.8) is 0 Å². The van der Waals surface area contributed by atoms with Crippen molar-refractivity contribution in [2.75, 3.05) is 0 Å². The lowest BCUT2D eigenvalue weighted by atomic mass is 10.00. The van der Waals surface area contributed by atoms with Crippen LogP contribution >= 0.6 is 34.0 Å². The van der Waals surface area contributed by atoms with Gasteiger partial charge in [-0.25, -0.2) is 29.9 Å². The third kappa shape index (κ3) is 11.9. The summed E-state index contributed by atoms with van der Waals surface area (Å²) in [5, 5.41) is 15.4. The quantitative estimate of drug-likeness (QED) is 0.128.